The van der Waals surface area contributed by atoms with Crippen molar-refractivity contribution in [1.29, 1.82) is 0 Å². The van der Waals surface area contributed by atoms with Gasteiger partial charge in [0.05, 0.1) is 17.1 Å². The van der Waals surface area contributed by atoms with Crippen LogP contribution < -0.4 is 10.2 Å². The highest BCUT2D eigenvalue weighted by Gasteiger charge is 2.39. The molecule has 0 radical (unpaired) electrons. The highest BCUT2D eigenvalue weighted by molar-refractivity contribution is 5.85. The molecule has 0 aliphatic carbocycles. The lowest BCUT2D eigenvalue weighted by Crippen LogP contribution is -2.16. The predicted molar refractivity (Wildman–Crippen MR) is 98.1 cm³/mol. The van der Waals surface area contributed by atoms with E-state index < -0.39 is 22.9 Å². The molecule has 0 unspecified atom stereocenters. The van der Waals surface area contributed by atoms with Crippen LogP contribution in [0.25, 0.3) is 22.1 Å². The van der Waals surface area contributed by atoms with E-state index in [1.165, 1.54) is 18.2 Å². The molecular formula is C21H19F3O3. The molecule has 142 valence electrons. The van der Waals surface area contributed by atoms with Crippen LogP contribution in [0.2, 0.25) is 0 Å². The first-order chi connectivity index (χ1) is 12.7. The van der Waals surface area contributed by atoms with Crippen LogP contribution in [0, 0.1) is 0 Å². The number of rotatable bonds is 4. The van der Waals surface area contributed by atoms with E-state index in [4.69, 9.17) is 9.15 Å². The summed E-state index contributed by atoms with van der Waals surface area (Å²) in [5, 5.41) is 0.106. The first-order valence-electron chi connectivity index (χ1n) is 8.65. The van der Waals surface area contributed by atoms with Gasteiger partial charge < -0.3 is 9.15 Å². The maximum absolute atomic E-state index is 13.6. The maximum Gasteiger partial charge on any atom is 0.450 e. The minimum absolute atomic E-state index is 0.106. The molecule has 0 saturated heterocycles. The Morgan fingerprint density at radius 1 is 1.11 bits per heavy atom. The fourth-order valence-electron chi connectivity index (χ4n) is 2.97. The second kappa shape index (κ2) is 7.10. The van der Waals surface area contributed by atoms with Gasteiger partial charge >= 0.3 is 6.18 Å². The Balaban J connectivity index is 2.39. The third-order valence-corrected chi connectivity index (χ3v) is 4.14. The van der Waals surface area contributed by atoms with Crippen molar-refractivity contribution in [2.24, 2.45) is 0 Å². The molecule has 1 heterocycles. The minimum atomic E-state index is -4.80. The highest BCUT2D eigenvalue weighted by atomic mass is 19.4. The summed E-state index contributed by atoms with van der Waals surface area (Å²) < 4.78 is 51.8. The van der Waals surface area contributed by atoms with Crippen molar-refractivity contribution >= 4 is 11.0 Å². The number of benzene rings is 2. The molecule has 0 bridgehead atoms. The Morgan fingerprint density at radius 3 is 2.33 bits per heavy atom. The van der Waals surface area contributed by atoms with Gasteiger partial charge in [0, 0.05) is 6.07 Å². The van der Waals surface area contributed by atoms with Crippen LogP contribution in [-0.4, -0.2) is 6.10 Å². The van der Waals surface area contributed by atoms with Gasteiger partial charge in [-0.15, -0.1) is 0 Å². The third-order valence-electron chi connectivity index (χ3n) is 4.14. The van der Waals surface area contributed by atoms with Crippen molar-refractivity contribution in [1.82, 2.24) is 0 Å². The zero-order chi connectivity index (χ0) is 19.8. The summed E-state index contributed by atoms with van der Waals surface area (Å²) in [7, 11) is 0. The van der Waals surface area contributed by atoms with E-state index in [1.807, 2.05) is 20.8 Å². The zero-order valence-electron chi connectivity index (χ0n) is 15.2. The molecule has 0 amide bonds. The molecule has 1 aromatic heterocycles. The summed E-state index contributed by atoms with van der Waals surface area (Å²) in [6.07, 6.45) is -4.40. The number of halogens is 3. The first kappa shape index (κ1) is 19.0. The van der Waals surface area contributed by atoms with E-state index in [2.05, 4.69) is 0 Å². The number of hydrogen-bond donors (Lipinski definition) is 0. The fraction of sp³-hybridized carbons (Fsp3) is 0.286. The van der Waals surface area contributed by atoms with E-state index in [-0.39, 0.29) is 22.6 Å². The fourth-order valence-corrected chi connectivity index (χ4v) is 2.97. The van der Waals surface area contributed by atoms with Crippen molar-refractivity contribution in [2.75, 3.05) is 0 Å². The molecule has 0 fully saturated rings. The molecule has 6 heteroatoms. The van der Waals surface area contributed by atoms with Crippen LogP contribution in [0.4, 0.5) is 13.2 Å². The van der Waals surface area contributed by atoms with Crippen LogP contribution in [0.1, 0.15) is 32.1 Å². The number of alkyl halides is 3. The summed E-state index contributed by atoms with van der Waals surface area (Å²) in [6, 6.07) is 10.7. The standard InChI is InChI=1S/C21H19F3O3/c1-4-13-10-15-17(11-16(13)26-12(2)3)27-20(21(22,23)24)18(19(15)25)14-8-6-5-7-9-14/h5-12H,4H2,1-3H3. The lowest BCUT2D eigenvalue weighted by Gasteiger charge is -2.16. The average molecular weight is 376 g/mol. The molecule has 0 aliphatic rings. The molecule has 3 nitrogen and oxygen atoms in total. The first-order valence-corrected chi connectivity index (χ1v) is 8.65. The molecule has 3 rings (SSSR count). The van der Waals surface area contributed by atoms with E-state index in [0.29, 0.717) is 12.2 Å². The van der Waals surface area contributed by atoms with Crippen LogP contribution in [0.5, 0.6) is 5.75 Å². The minimum Gasteiger partial charge on any atom is -0.491 e. The normalized spacial score (nSPS) is 12.0. The van der Waals surface area contributed by atoms with E-state index in [1.54, 1.807) is 24.3 Å². The van der Waals surface area contributed by atoms with Crippen molar-refractivity contribution in [2.45, 2.75) is 39.5 Å². The summed E-state index contributed by atoms with van der Waals surface area (Å²) in [5.74, 6) is -0.880. The monoisotopic (exact) mass is 376 g/mol. The Kier molecular flexibility index (Phi) is 5.00. The second-order valence-corrected chi connectivity index (χ2v) is 6.48. The Labute approximate surface area is 154 Å². The largest absolute Gasteiger partial charge is 0.491 e. The van der Waals surface area contributed by atoms with Crippen molar-refractivity contribution in [3.05, 3.63) is 64.0 Å². The molecule has 0 spiro atoms. The van der Waals surface area contributed by atoms with E-state index >= 15 is 0 Å². The van der Waals surface area contributed by atoms with Gasteiger partial charge in [-0.05, 0) is 37.5 Å². The molecule has 0 N–H and O–H groups in total. The Bertz CT molecular complexity index is 1020. The number of aryl methyl sites for hydroxylation is 1. The lowest BCUT2D eigenvalue weighted by atomic mass is 10.00. The van der Waals surface area contributed by atoms with Gasteiger partial charge in [-0.1, -0.05) is 37.3 Å². The molecule has 0 aliphatic heterocycles. The SMILES string of the molecule is CCc1cc2c(=O)c(-c3ccccc3)c(C(F)(F)F)oc2cc1OC(C)C. The molecule has 27 heavy (non-hydrogen) atoms. The Hall–Kier alpha value is -2.76. The van der Waals surface area contributed by atoms with Gasteiger partial charge in [0.1, 0.15) is 11.3 Å². The second-order valence-electron chi connectivity index (χ2n) is 6.48. The number of hydrogen-bond acceptors (Lipinski definition) is 3. The van der Waals surface area contributed by atoms with Gasteiger partial charge in [0.15, 0.2) is 0 Å². The van der Waals surface area contributed by atoms with Crippen LogP contribution in [0.3, 0.4) is 0 Å². The van der Waals surface area contributed by atoms with Crippen LogP contribution in [0.15, 0.2) is 51.7 Å². The molecule has 0 atom stereocenters. The van der Waals surface area contributed by atoms with E-state index in [9.17, 15) is 18.0 Å². The van der Waals surface area contributed by atoms with Gasteiger partial charge in [-0.3, -0.25) is 4.79 Å². The smallest absolute Gasteiger partial charge is 0.450 e. The van der Waals surface area contributed by atoms with Gasteiger partial charge in [0.25, 0.3) is 0 Å². The molecular weight excluding hydrogens is 357 g/mol. The molecule has 2 aromatic carbocycles. The van der Waals surface area contributed by atoms with Gasteiger partial charge in [0.2, 0.25) is 11.2 Å². The highest BCUT2D eigenvalue weighted by Crippen LogP contribution is 2.38. The third kappa shape index (κ3) is 3.70. The number of ether oxygens (including phenoxy) is 1. The van der Waals surface area contributed by atoms with Crippen molar-refractivity contribution in [3.63, 3.8) is 0 Å². The van der Waals surface area contributed by atoms with Crippen LogP contribution >= 0.6 is 0 Å². The zero-order valence-corrected chi connectivity index (χ0v) is 15.2. The summed E-state index contributed by atoms with van der Waals surface area (Å²) >= 11 is 0. The maximum atomic E-state index is 13.6. The summed E-state index contributed by atoms with van der Waals surface area (Å²) in [4.78, 5) is 13.0. The Morgan fingerprint density at radius 2 is 1.78 bits per heavy atom. The van der Waals surface area contributed by atoms with Crippen LogP contribution in [-0.2, 0) is 12.6 Å². The average Bonchev–Trinajstić information content (AvgIpc) is 2.60. The van der Waals surface area contributed by atoms with Gasteiger partial charge in [-0.2, -0.15) is 13.2 Å². The molecule has 0 saturated carbocycles. The van der Waals surface area contributed by atoms with Gasteiger partial charge in [-0.25, -0.2) is 0 Å². The lowest BCUT2D eigenvalue weighted by molar-refractivity contribution is -0.152. The van der Waals surface area contributed by atoms with E-state index in [0.717, 1.165) is 5.56 Å². The molecule has 3 aromatic rings. The summed E-state index contributed by atoms with van der Waals surface area (Å²) in [5.41, 5.74) is -0.418. The summed E-state index contributed by atoms with van der Waals surface area (Å²) in [6.45, 7) is 5.52. The van der Waals surface area contributed by atoms with Crippen molar-refractivity contribution in [3.8, 4) is 16.9 Å². The topological polar surface area (TPSA) is 39.4 Å². The number of fused-ring (bicyclic) bond motifs is 1. The predicted octanol–water partition coefficient (Wildman–Crippen LogP) is 5.83. The quantitative estimate of drug-likeness (QED) is 0.575. The van der Waals surface area contributed by atoms with Crippen molar-refractivity contribution < 1.29 is 22.3 Å².